The van der Waals surface area contributed by atoms with Crippen molar-refractivity contribution >= 4 is 34.8 Å². The molecule has 1 aliphatic carbocycles. The second kappa shape index (κ2) is 8.69. The molecular weight excluding hydrogens is 470 g/mol. The Morgan fingerprint density at radius 2 is 1.86 bits per heavy atom. The van der Waals surface area contributed by atoms with E-state index in [4.69, 9.17) is 17.3 Å². The molecule has 1 aromatic heterocycles. The van der Waals surface area contributed by atoms with Crippen molar-refractivity contribution in [1.82, 2.24) is 9.78 Å². The van der Waals surface area contributed by atoms with Gasteiger partial charge in [0.1, 0.15) is 0 Å². The van der Waals surface area contributed by atoms with Crippen molar-refractivity contribution in [3.8, 4) is 16.9 Å². The van der Waals surface area contributed by atoms with Crippen LogP contribution < -0.4 is 11.1 Å². The molecule has 3 N–H and O–H groups in total. The molecule has 0 bridgehead atoms. The molecule has 0 unspecified atom stereocenters. The van der Waals surface area contributed by atoms with E-state index in [2.05, 4.69) is 10.4 Å². The Bertz CT molecular complexity index is 1530. The summed E-state index contributed by atoms with van der Waals surface area (Å²) in [6, 6.07) is 18.2. The maximum absolute atomic E-state index is 12.8. The Labute approximate surface area is 204 Å². The first-order chi connectivity index (χ1) is 16.8. The van der Waals surface area contributed by atoms with Gasteiger partial charge in [-0.05, 0) is 48.7 Å². The highest BCUT2D eigenvalue weighted by Crippen LogP contribution is 2.38. The second-order valence-corrected chi connectivity index (χ2v) is 8.44. The third-order valence-electron chi connectivity index (χ3n) is 5.89. The van der Waals surface area contributed by atoms with Crippen LogP contribution in [0, 0.1) is 10.1 Å². The van der Waals surface area contributed by atoms with Crippen molar-refractivity contribution in [2.24, 2.45) is 5.73 Å². The maximum atomic E-state index is 12.8. The smallest absolute Gasteiger partial charge is 0.271 e. The predicted molar refractivity (Wildman–Crippen MR) is 131 cm³/mol. The first-order valence-corrected chi connectivity index (χ1v) is 11.1. The summed E-state index contributed by atoms with van der Waals surface area (Å²) >= 11 is 6.16. The molecule has 0 spiro atoms. The summed E-state index contributed by atoms with van der Waals surface area (Å²) < 4.78 is 1.50. The molecule has 0 atom stereocenters. The molecule has 9 nitrogen and oxygen atoms in total. The van der Waals surface area contributed by atoms with Gasteiger partial charge in [0.05, 0.1) is 26.9 Å². The zero-order chi connectivity index (χ0) is 24.7. The van der Waals surface area contributed by atoms with E-state index in [0.717, 1.165) is 11.1 Å². The number of carbonyl (C=O) groups is 2. The van der Waals surface area contributed by atoms with Gasteiger partial charge in [-0.25, -0.2) is 4.68 Å². The van der Waals surface area contributed by atoms with Gasteiger partial charge in [0.25, 0.3) is 17.5 Å². The van der Waals surface area contributed by atoms with Crippen LogP contribution in [0.3, 0.4) is 0 Å². The molecule has 0 radical (unpaired) electrons. The lowest BCUT2D eigenvalue weighted by Crippen LogP contribution is -2.15. The van der Waals surface area contributed by atoms with E-state index in [1.54, 1.807) is 48.5 Å². The van der Waals surface area contributed by atoms with Crippen LogP contribution in [0.5, 0.6) is 0 Å². The van der Waals surface area contributed by atoms with Crippen LogP contribution in [0.4, 0.5) is 11.4 Å². The SMILES string of the molecule is NC(=O)c1nn(-c2cccc([N+](=O)[O-])c2)c2c1CCc1ccc(NC(=O)c3ccccc3Cl)cc1-2. The third-order valence-corrected chi connectivity index (χ3v) is 6.22. The van der Waals surface area contributed by atoms with E-state index in [1.165, 1.54) is 16.8 Å². The topological polar surface area (TPSA) is 133 Å². The van der Waals surface area contributed by atoms with Gasteiger partial charge < -0.3 is 11.1 Å². The van der Waals surface area contributed by atoms with E-state index in [0.29, 0.717) is 46.1 Å². The Morgan fingerprint density at radius 3 is 2.60 bits per heavy atom. The molecule has 5 rings (SSSR count). The Balaban J connectivity index is 1.63. The minimum atomic E-state index is -0.683. The quantitative estimate of drug-likeness (QED) is 0.314. The lowest BCUT2D eigenvalue weighted by atomic mass is 9.88. The minimum Gasteiger partial charge on any atom is -0.364 e. The number of aromatic nitrogens is 2. The van der Waals surface area contributed by atoms with E-state index in [1.807, 2.05) is 6.07 Å². The highest BCUT2D eigenvalue weighted by atomic mass is 35.5. The van der Waals surface area contributed by atoms with Gasteiger partial charge in [0.15, 0.2) is 5.69 Å². The van der Waals surface area contributed by atoms with Crippen molar-refractivity contribution in [2.45, 2.75) is 12.8 Å². The number of nitrogens with two attached hydrogens (primary N) is 1. The lowest BCUT2D eigenvalue weighted by Gasteiger charge is -2.20. The van der Waals surface area contributed by atoms with E-state index < -0.39 is 10.8 Å². The van der Waals surface area contributed by atoms with Crippen molar-refractivity contribution in [3.63, 3.8) is 0 Å². The number of fused-ring (bicyclic) bond motifs is 3. The number of hydrogen-bond acceptors (Lipinski definition) is 5. The largest absolute Gasteiger partial charge is 0.364 e. The van der Waals surface area contributed by atoms with Gasteiger partial charge in [0.2, 0.25) is 0 Å². The molecule has 0 saturated heterocycles. The number of halogens is 1. The monoisotopic (exact) mass is 487 g/mol. The molecule has 0 fully saturated rings. The van der Waals surface area contributed by atoms with E-state index >= 15 is 0 Å². The fraction of sp³-hybridized carbons (Fsp3) is 0.0800. The minimum absolute atomic E-state index is 0.107. The van der Waals surface area contributed by atoms with Crippen LogP contribution in [0.25, 0.3) is 16.9 Å². The lowest BCUT2D eigenvalue weighted by molar-refractivity contribution is -0.384. The number of primary amides is 1. The zero-order valence-electron chi connectivity index (χ0n) is 18.2. The Morgan fingerprint density at radius 1 is 1.06 bits per heavy atom. The number of hydrogen-bond donors (Lipinski definition) is 2. The fourth-order valence-electron chi connectivity index (χ4n) is 4.28. The van der Waals surface area contributed by atoms with Crippen LogP contribution in [-0.2, 0) is 12.8 Å². The molecule has 35 heavy (non-hydrogen) atoms. The first kappa shape index (κ1) is 22.3. The maximum Gasteiger partial charge on any atom is 0.271 e. The number of nitro groups is 1. The summed E-state index contributed by atoms with van der Waals surface area (Å²) in [5, 5.41) is 18.9. The summed E-state index contributed by atoms with van der Waals surface area (Å²) in [7, 11) is 0. The number of nitrogens with one attached hydrogen (secondary N) is 1. The summed E-state index contributed by atoms with van der Waals surface area (Å²) in [5.74, 6) is -1.05. The predicted octanol–water partition coefficient (Wildman–Crippen LogP) is 4.55. The number of nitro benzene ring substituents is 1. The molecule has 4 aromatic rings. The first-order valence-electron chi connectivity index (χ1n) is 10.7. The van der Waals surface area contributed by atoms with Crippen LogP contribution in [0.2, 0.25) is 5.02 Å². The average molecular weight is 488 g/mol. The summed E-state index contributed by atoms with van der Waals surface area (Å²) in [6.07, 6.45) is 1.17. The Hall–Kier alpha value is -4.50. The van der Waals surface area contributed by atoms with Crippen molar-refractivity contribution in [3.05, 3.63) is 104 Å². The highest BCUT2D eigenvalue weighted by Gasteiger charge is 2.29. The number of non-ortho nitro benzene ring substituents is 1. The molecule has 1 aliphatic rings. The average Bonchev–Trinajstić information content (AvgIpc) is 3.25. The number of amides is 2. The number of carbonyl (C=O) groups excluding carboxylic acids is 2. The number of nitrogens with zero attached hydrogens (tertiary/aromatic N) is 3. The van der Waals surface area contributed by atoms with Crippen LogP contribution in [-0.4, -0.2) is 26.5 Å². The van der Waals surface area contributed by atoms with Crippen molar-refractivity contribution in [1.29, 1.82) is 0 Å². The van der Waals surface area contributed by atoms with E-state index in [-0.39, 0.29) is 17.3 Å². The molecule has 3 aromatic carbocycles. The normalized spacial score (nSPS) is 11.9. The molecule has 0 saturated carbocycles. The molecule has 0 aliphatic heterocycles. The summed E-state index contributed by atoms with van der Waals surface area (Å²) in [4.78, 5) is 35.8. The number of anilines is 1. The summed E-state index contributed by atoms with van der Waals surface area (Å²) in [5.41, 5.74) is 9.89. The standard InChI is InChI=1S/C25H18ClN5O4/c26-21-7-2-1-6-18(21)25(33)28-15-10-8-14-9-11-19-22(24(27)32)29-30(23(19)20(14)12-15)16-4-3-5-17(13-16)31(34)35/h1-8,10,12-13H,9,11H2,(H2,27,32)(H,28,33). The Kier molecular flexibility index (Phi) is 5.54. The van der Waals surface area contributed by atoms with Crippen molar-refractivity contribution < 1.29 is 14.5 Å². The van der Waals surface area contributed by atoms with Gasteiger partial charge >= 0.3 is 0 Å². The van der Waals surface area contributed by atoms with Gasteiger partial charge in [-0.1, -0.05) is 35.9 Å². The zero-order valence-corrected chi connectivity index (χ0v) is 19.0. The molecule has 1 heterocycles. The van der Waals surface area contributed by atoms with Gasteiger partial charge in [-0.3, -0.25) is 19.7 Å². The molecule has 10 heteroatoms. The number of aryl methyl sites for hydroxylation is 1. The van der Waals surface area contributed by atoms with Crippen molar-refractivity contribution in [2.75, 3.05) is 5.32 Å². The summed E-state index contributed by atoms with van der Waals surface area (Å²) in [6.45, 7) is 0. The number of rotatable bonds is 5. The molecular formula is C25H18ClN5O4. The van der Waals surface area contributed by atoms with Crippen LogP contribution in [0.1, 0.15) is 32.0 Å². The number of benzene rings is 3. The van der Waals surface area contributed by atoms with Crippen LogP contribution >= 0.6 is 11.6 Å². The van der Waals surface area contributed by atoms with Gasteiger partial charge in [-0.15, -0.1) is 0 Å². The highest BCUT2D eigenvalue weighted by molar-refractivity contribution is 6.34. The van der Waals surface area contributed by atoms with E-state index in [9.17, 15) is 19.7 Å². The van der Waals surface area contributed by atoms with Crippen LogP contribution in [0.15, 0.2) is 66.7 Å². The molecule has 2 amide bonds. The second-order valence-electron chi connectivity index (χ2n) is 8.03. The van der Waals surface area contributed by atoms with Gasteiger partial charge in [-0.2, -0.15) is 5.10 Å². The third kappa shape index (κ3) is 4.02. The van der Waals surface area contributed by atoms with Gasteiger partial charge in [0, 0.05) is 28.9 Å². The molecule has 174 valence electrons. The fourth-order valence-corrected chi connectivity index (χ4v) is 4.50.